The Hall–Kier alpha value is -2.21. The van der Waals surface area contributed by atoms with Crippen LogP contribution < -0.4 is 10.1 Å². The first-order chi connectivity index (χ1) is 9.90. The average molecular weight is 297 g/mol. The van der Waals surface area contributed by atoms with Crippen LogP contribution in [0.4, 0.5) is 18.9 Å². The lowest BCUT2D eigenvalue weighted by atomic mass is 10.0. The van der Waals surface area contributed by atoms with Crippen LogP contribution in [0.3, 0.4) is 0 Å². The first-order valence-corrected chi connectivity index (χ1v) is 6.16. The number of methoxy groups -OCH3 is 1. The highest BCUT2D eigenvalue weighted by molar-refractivity contribution is 5.49. The summed E-state index contributed by atoms with van der Waals surface area (Å²) in [6, 6.07) is 12.3. The predicted molar refractivity (Wildman–Crippen MR) is 73.2 cm³/mol. The first kappa shape index (κ1) is 15.2. The molecule has 0 spiro atoms. The zero-order valence-electron chi connectivity index (χ0n) is 11.2. The summed E-state index contributed by atoms with van der Waals surface area (Å²) in [5.74, 6) is 0.471. The SMILES string of the molecule is COc1ccccc1C(O)c1cccc(NC(F)(F)F)c1. The van der Waals surface area contributed by atoms with E-state index in [2.05, 4.69) is 0 Å². The van der Waals surface area contributed by atoms with Gasteiger partial charge in [-0.1, -0.05) is 30.3 Å². The molecule has 6 heteroatoms. The van der Waals surface area contributed by atoms with Crippen LogP contribution in [-0.4, -0.2) is 18.5 Å². The second-order valence-electron chi connectivity index (χ2n) is 4.39. The van der Waals surface area contributed by atoms with Gasteiger partial charge in [-0.15, -0.1) is 0 Å². The molecule has 0 saturated heterocycles. The van der Waals surface area contributed by atoms with E-state index in [9.17, 15) is 18.3 Å². The lowest BCUT2D eigenvalue weighted by Gasteiger charge is -2.17. The van der Waals surface area contributed by atoms with Crippen molar-refractivity contribution in [3.63, 3.8) is 0 Å². The van der Waals surface area contributed by atoms with Crippen molar-refractivity contribution in [2.24, 2.45) is 0 Å². The summed E-state index contributed by atoms with van der Waals surface area (Å²) in [6.45, 7) is 0. The molecule has 0 aliphatic carbocycles. The molecule has 0 heterocycles. The fourth-order valence-electron chi connectivity index (χ4n) is 2.02. The highest BCUT2D eigenvalue weighted by Gasteiger charge is 2.27. The summed E-state index contributed by atoms with van der Waals surface area (Å²) < 4.78 is 42.1. The molecule has 3 nitrogen and oxygen atoms in total. The van der Waals surface area contributed by atoms with Crippen LogP contribution in [0.5, 0.6) is 5.75 Å². The van der Waals surface area contributed by atoms with Gasteiger partial charge >= 0.3 is 6.30 Å². The molecule has 21 heavy (non-hydrogen) atoms. The van der Waals surface area contributed by atoms with E-state index >= 15 is 0 Å². The van der Waals surface area contributed by atoms with Crippen molar-refractivity contribution in [1.82, 2.24) is 0 Å². The number of hydrogen-bond donors (Lipinski definition) is 2. The van der Waals surface area contributed by atoms with E-state index in [4.69, 9.17) is 4.74 Å². The monoisotopic (exact) mass is 297 g/mol. The number of ether oxygens (including phenoxy) is 1. The Kier molecular flexibility index (Phi) is 4.37. The molecule has 1 unspecified atom stereocenters. The maximum Gasteiger partial charge on any atom is 0.482 e. The number of halogens is 3. The summed E-state index contributed by atoms with van der Waals surface area (Å²) in [5.41, 5.74) is 0.701. The molecule has 0 aliphatic heterocycles. The van der Waals surface area contributed by atoms with Crippen LogP contribution in [0.1, 0.15) is 17.2 Å². The Balaban J connectivity index is 2.31. The zero-order valence-corrected chi connectivity index (χ0v) is 11.2. The number of aliphatic hydroxyl groups is 1. The third-order valence-electron chi connectivity index (χ3n) is 2.92. The molecular formula is C15H14F3NO2. The zero-order chi connectivity index (χ0) is 15.5. The van der Waals surface area contributed by atoms with Gasteiger partial charge in [-0.05, 0) is 23.8 Å². The minimum absolute atomic E-state index is 0.131. The van der Waals surface area contributed by atoms with Gasteiger partial charge in [0.1, 0.15) is 11.9 Å². The Morgan fingerprint density at radius 1 is 1.10 bits per heavy atom. The van der Waals surface area contributed by atoms with Crippen molar-refractivity contribution in [3.05, 3.63) is 59.7 Å². The molecule has 0 radical (unpaired) electrons. The van der Waals surface area contributed by atoms with Crippen molar-refractivity contribution in [1.29, 1.82) is 0 Å². The number of alkyl halides is 3. The van der Waals surface area contributed by atoms with Crippen LogP contribution >= 0.6 is 0 Å². The van der Waals surface area contributed by atoms with Crippen LogP contribution in [0.15, 0.2) is 48.5 Å². The molecule has 2 N–H and O–H groups in total. The molecule has 0 bridgehead atoms. The average Bonchev–Trinajstić information content (AvgIpc) is 2.45. The van der Waals surface area contributed by atoms with E-state index in [1.807, 2.05) is 0 Å². The van der Waals surface area contributed by atoms with Crippen LogP contribution in [-0.2, 0) is 0 Å². The molecule has 2 aromatic carbocycles. The molecule has 0 aromatic heterocycles. The van der Waals surface area contributed by atoms with E-state index < -0.39 is 12.4 Å². The summed E-state index contributed by atoms with van der Waals surface area (Å²) in [4.78, 5) is 0. The highest BCUT2D eigenvalue weighted by atomic mass is 19.4. The number of hydrogen-bond acceptors (Lipinski definition) is 3. The highest BCUT2D eigenvalue weighted by Crippen LogP contribution is 2.31. The fourth-order valence-corrected chi connectivity index (χ4v) is 2.02. The number of anilines is 1. The van der Waals surface area contributed by atoms with Crippen LogP contribution in [0.2, 0.25) is 0 Å². The largest absolute Gasteiger partial charge is 0.496 e. The molecule has 0 fully saturated rings. The lowest BCUT2D eigenvalue weighted by Crippen LogP contribution is -2.20. The Bertz CT molecular complexity index is 614. The summed E-state index contributed by atoms with van der Waals surface area (Å²) in [7, 11) is 1.47. The molecule has 0 amide bonds. The van der Waals surface area contributed by atoms with E-state index in [-0.39, 0.29) is 5.69 Å². The van der Waals surface area contributed by atoms with Crippen molar-refractivity contribution in [2.45, 2.75) is 12.4 Å². The van der Waals surface area contributed by atoms with Crippen molar-refractivity contribution in [3.8, 4) is 5.75 Å². The third kappa shape index (κ3) is 3.88. The van der Waals surface area contributed by atoms with E-state index in [0.29, 0.717) is 16.9 Å². The smallest absolute Gasteiger partial charge is 0.482 e. The van der Waals surface area contributed by atoms with Crippen LogP contribution in [0.25, 0.3) is 0 Å². The van der Waals surface area contributed by atoms with Crippen molar-refractivity contribution in [2.75, 3.05) is 12.4 Å². The van der Waals surface area contributed by atoms with Gasteiger partial charge in [0.15, 0.2) is 0 Å². The van der Waals surface area contributed by atoms with E-state index in [1.165, 1.54) is 30.6 Å². The standard InChI is InChI=1S/C15H14F3NO2/c1-21-13-8-3-2-7-12(13)14(20)10-5-4-6-11(9-10)19-15(16,17)18/h2-9,14,19-20H,1H3. The minimum atomic E-state index is -4.52. The van der Waals surface area contributed by atoms with Gasteiger partial charge in [0.2, 0.25) is 0 Å². The molecule has 0 saturated carbocycles. The number of nitrogens with one attached hydrogen (secondary N) is 1. The maximum atomic E-state index is 12.3. The third-order valence-corrected chi connectivity index (χ3v) is 2.92. The normalized spacial score (nSPS) is 12.8. The molecular weight excluding hydrogens is 283 g/mol. The minimum Gasteiger partial charge on any atom is -0.496 e. The summed E-state index contributed by atoms with van der Waals surface area (Å²) in [5, 5.41) is 11.8. The molecule has 2 aromatic rings. The van der Waals surface area contributed by atoms with Gasteiger partial charge in [-0.2, -0.15) is 13.2 Å². The maximum absolute atomic E-state index is 12.3. The Morgan fingerprint density at radius 2 is 1.81 bits per heavy atom. The van der Waals surface area contributed by atoms with E-state index in [0.717, 1.165) is 0 Å². The quantitative estimate of drug-likeness (QED) is 0.845. The van der Waals surface area contributed by atoms with Crippen molar-refractivity contribution >= 4 is 5.69 Å². The molecule has 0 aliphatic rings. The van der Waals surface area contributed by atoms with Gasteiger partial charge in [0.25, 0.3) is 0 Å². The van der Waals surface area contributed by atoms with Gasteiger partial charge < -0.3 is 9.84 Å². The number of aliphatic hydroxyl groups excluding tert-OH is 1. The predicted octanol–water partition coefficient (Wildman–Crippen LogP) is 3.71. The number of benzene rings is 2. The lowest BCUT2D eigenvalue weighted by molar-refractivity contribution is -0.0999. The number of para-hydroxylation sites is 1. The fraction of sp³-hybridized carbons (Fsp3) is 0.200. The molecule has 1 atom stereocenters. The number of rotatable bonds is 4. The Labute approximate surface area is 120 Å². The van der Waals surface area contributed by atoms with Gasteiger partial charge in [-0.3, -0.25) is 5.32 Å². The van der Waals surface area contributed by atoms with Crippen molar-refractivity contribution < 1.29 is 23.0 Å². The Morgan fingerprint density at radius 3 is 2.48 bits per heavy atom. The van der Waals surface area contributed by atoms with Gasteiger partial charge in [-0.25, -0.2) is 0 Å². The first-order valence-electron chi connectivity index (χ1n) is 6.16. The topological polar surface area (TPSA) is 41.5 Å². The summed E-state index contributed by atoms with van der Waals surface area (Å²) >= 11 is 0. The molecule has 112 valence electrons. The van der Waals surface area contributed by atoms with Crippen LogP contribution in [0, 0.1) is 0 Å². The molecule has 2 rings (SSSR count). The second kappa shape index (κ2) is 6.05. The summed E-state index contributed by atoms with van der Waals surface area (Å²) in [6.07, 6.45) is -5.59. The second-order valence-corrected chi connectivity index (χ2v) is 4.39. The van der Waals surface area contributed by atoms with E-state index in [1.54, 1.807) is 30.3 Å². The van der Waals surface area contributed by atoms with Gasteiger partial charge in [0.05, 0.1) is 7.11 Å². The van der Waals surface area contributed by atoms with Gasteiger partial charge in [0, 0.05) is 11.3 Å².